The number of aliphatic hydroxyl groups is 3. The molecule has 4 saturated carbocycles. The summed E-state index contributed by atoms with van der Waals surface area (Å²) in [5.41, 5.74) is -3.57. The van der Waals surface area contributed by atoms with Crippen LogP contribution in [0, 0.1) is 46.3 Å². The number of carbonyl (C=O) groups is 2. The first-order valence-electron chi connectivity index (χ1n) is 14.4. The predicted molar refractivity (Wildman–Crippen MR) is 131 cm³/mol. The van der Waals surface area contributed by atoms with Gasteiger partial charge < -0.3 is 34.3 Å². The Bertz CT molecular complexity index is 1090. The first-order valence-corrected chi connectivity index (χ1v) is 14.4. The third kappa shape index (κ3) is 2.57. The first-order chi connectivity index (χ1) is 17.7. The van der Waals surface area contributed by atoms with E-state index < -0.39 is 64.6 Å². The average molecular weight is 535 g/mol. The maximum absolute atomic E-state index is 13.8. The number of ketones is 1. The Labute approximate surface area is 223 Å². The molecule has 0 radical (unpaired) electrons. The van der Waals surface area contributed by atoms with Crippen LogP contribution in [0.3, 0.4) is 0 Å². The van der Waals surface area contributed by atoms with Gasteiger partial charge in [0.05, 0.1) is 29.6 Å². The Balaban J connectivity index is 1.26. The Morgan fingerprint density at radius 2 is 1.74 bits per heavy atom. The fourth-order valence-corrected chi connectivity index (χ4v) is 11.1. The summed E-state index contributed by atoms with van der Waals surface area (Å²) >= 11 is 0. The molecule has 9 nitrogen and oxygen atoms in total. The van der Waals surface area contributed by atoms with E-state index in [9.17, 15) is 24.9 Å². The standard InChI is InChI=1S/C29H42O9/c1-12-13(2)29(38-23(12)32)24(33)27(5,34)21-17(36-29)10-16-14-9-20-28(37-20)22(31)18(35-6)11-19(30)26(28,4)15(14)7-8-25(16,21)3/h12-18,20-22,24,31,33-34H,7-11H2,1-6H3. The monoisotopic (exact) mass is 534 g/mol. The van der Waals surface area contributed by atoms with E-state index in [1.807, 2.05) is 13.8 Å². The number of epoxide rings is 1. The van der Waals surface area contributed by atoms with Crippen molar-refractivity contribution >= 4 is 11.8 Å². The van der Waals surface area contributed by atoms with E-state index in [1.54, 1.807) is 13.8 Å². The average Bonchev–Trinajstić information content (AvgIpc) is 3.46. The van der Waals surface area contributed by atoms with Gasteiger partial charge in [-0.3, -0.25) is 9.59 Å². The van der Waals surface area contributed by atoms with Crippen LogP contribution < -0.4 is 0 Å². The van der Waals surface area contributed by atoms with Crippen molar-refractivity contribution in [1.82, 2.24) is 0 Å². The van der Waals surface area contributed by atoms with Crippen LogP contribution in [0.25, 0.3) is 0 Å². The molecule has 4 aliphatic carbocycles. The summed E-state index contributed by atoms with van der Waals surface area (Å²) in [5, 5.41) is 34.9. The van der Waals surface area contributed by atoms with Gasteiger partial charge in [-0.25, -0.2) is 0 Å². The summed E-state index contributed by atoms with van der Waals surface area (Å²) in [4.78, 5) is 26.3. The highest BCUT2D eigenvalue weighted by Gasteiger charge is 2.83. The molecule has 38 heavy (non-hydrogen) atoms. The van der Waals surface area contributed by atoms with Gasteiger partial charge in [-0.15, -0.1) is 0 Å². The molecule has 0 bridgehead atoms. The van der Waals surface area contributed by atoms with Gasteiger partial charge in [0.2, 0.25) is 5.79 Å². The molecule has 3 aliphatic heterocycles. The van der Waals surface area contributed by atoms with Gasteiger partial charge in [0.15, 0.2) is 0 Å². The fraction of sp³-hybridized carbons (Fsp3) is 0.931. The second kappa shape index (κ2) is 7.39. The normalized spacial score (nSPS) is 64.4. The molecular formula is C29H42O9. The topological polar surface area (TPSA) is 135 Å². The highest BCUT2D eigenvalue weighted by molar-refractivity contribution is 5.89. The van der Waals surface area contributed by atoms with Gasteiger partial charge in [-0.05, 0) is 62.7 Å². The summed E-state index contributed by atoms with van der Waals surface area (Å²) in [6, 6.07) is 0. The number of hydrogen-bond acceptors (Lipinski definition) is 9. The number of esters is 1. The van der Waals surface area contributed by atoms with Crippen LogP contribution in [0.2, 0.25) is 0 Å². The number of Topliss-reactive ketones (excluding diaryl/α,β-unsaturated/α-hetero) is 1. The molecule has 16 unspecified atom stereocenters. The number of carbonyl (C=O) groups excluding carboxylic acids is 2. The van der Waals surface area contributed by atoms with E-state index in [1.165, 1.54) is 7.11 Å². The van der Waals surface area contributed by atoms with Crippen molar-refractivity contribution in [3.05, 3.63) is 0 Å². The number of aliphatic hydroxyl groups excluding tert-OH is 2. The molecule has 0 aromatic rings. The van der Waals surface area contributed by atoms with Crippen molar-refractivity contribution in [3.8, 4) is 0 Å². The minimum atomic E-state index is -1.57. The maximum atomic E-state index is 13.8. The Hall–Kier alpha value is -1.10. The number of rotatable bonds is 1. The van der Waals surface area contributed by atoms with Crippen molar-refractivity contribution in [2.75, 3.05) is 7.11 Å². The first kappa shape index (κ1) is 25.8. The zero-order valence-corrected chi connectivity index (χ0v) is 23.2. The summed E-state index contributed by atoms with van der Waals surface area (Å²) in [7, 11) is 1.53. The SMILES string of the molecule is COC1CC(=O)C2(C)C3CCC4(C)C(CC5OC6(OC(=O)C(C)C6C)C(O)C(C)(O)C54)C3CC3OC32C1O. The van der Waals surface area contributed by atoms with Crippen LogP contribution >= 0.6 is 0 Å². The maximum Gasteiger partial charge on any atom is 0.311 e. The second-order valence-corrected chi connectivity index (χ2v) is 14.3. The molecule has 3 saturated heterocycles. The second-order valence-electron chi connectivity index (χ2n) is 14.3. The molecule has 7 aliphatic rings. The van der Waals surface area contributed by atoms with Crippen molar-refractivity contribution < 1.29 is 43.9 Å². The van der Waals surface area contributed by atoms with Crippen molar-refractivity contribution in [3.63, 3.8) is 0 Å². The molecule has 3 N–H and O–H groups in total. The predicted octanol–water partition coefficient (Wildman–Crippen LogP) is 1.59. The Morgan fingerprint density at radius 3 is 2.37 bits per heavy atom. The minimum absolute atomic E-state index is 0.0338. The van der Waals surface area contributed by atoms with E-state index in [4.69, 9.17) is 18.9 Å². The third-order valence-electron chi connectivity index (χ3n) is 13.2. The Kier molecular flexibility index (Phi) is 5.03. The van der Waals surface area contributed by atoms with Gasteiger partial charge in [-0.2, -0.15) is 0 Å². The van der Waals surface area contributed by atoms with Gasteiger partial charge in [0, 0.05) is 25.4 Å². The molecule has 9 heteroatoms. The van der Waals surface area contributed by atoms with Gasteiger partial charge in [0.25, 0.3) is 0 Å². The summed E-state index contributed by atoms with van der Waals surface area (Å²) in [6.07, 6.45) is -0.297. The quantitative estimate of drug-likeness (QED) is 0.339. The molecule has 3 heterocycles. The molecule has 0 aromatic carbocycles. The molecule has 2 spiro atoms. The minimum Gasteiger partial charge on any atom is -0.429 e. The lowest BCUT2D eigenvalue weighted by atomic mass is 9.43. The van der Waals surface area contributed by atoms with Crippen molar-refractivity contribution in [1.29, 1.82) is 0 Å². The van der Waals surface area contributed by atoms with Crippen LogP contribution in [0.15, 0.2) is 0 Å². The highest BCUT2D eigenvalue weighted by atomic mass is 16.7. The van der Waals surface area contributed by atoms with Gasteiger partial charge in [0.1, 0.15) is 29.2 Å². The smallest absolute Gasteiger partial charge is 0.311 e. The summed E-state index contributed by atoms with van der Waals surface area (Å²) in [6.45, 7) is 9.48. The highest BCUT2D eigenvalue weighted by Crippen LogP contribution is 2.75. The van der Waals surface area contributed by atoms with Gasteiger partial charge in [-0.1, -0.05) is 20.8 Å². The molecule has 7 fully saturated rings. The third-order valence-corrected chi connectivity index (χ3v) is 13.2. The van der Waals surface area contributed by atoms with Gasteiger partial charge >= 0.3 is 5.97 Å². The lowest BCUT2D eigenvalue weighted by molar-refractivity contribution is -0.368. The number of methoxy groups -OCH3 is 1. The summed E-state index contributed by atoms with van der Waals surface area (Å²) < 4.78 is 24.2. The zero-order chi connectivity index (χ0) is 27.4. The van der Waals surface area contributed by atoms with E-state index in [0.717, 1.165) is 19.3 Å². The van der Waals surface area contributed by atoms with Crippen molar-refractivity contribution in [2.45, 2.75) is 114 Å². The zero-order valence-electron chi connectivity index (χ0n) is 23.2. The van der Waals surface area contributed by atoms with Crippen LogP contribution in [-0.2, 0) is 28.5 Å². The lowest BCUT2D eigenvalue weighted by Gasteiger charge is -2.61. The van der Waals surface area contributed by atoms with E-state index in [-0.39, 0.29) is 47.4 Å². The number of fused-ring (bicyclic) bond motifs is 6. The Morgan fingerprint density at radius 1 is 1.03 bits per heavy atom. The number of ether oxygens (including phenoxy) is 4. The fourth-order valence-electron chi connectivity index (χ4n) is 11.1. The van der Waals surface area contributed by atoms with E-state index in [0.29, 0.717) is 6.42 Å². The molecule has 0 amide bonds. The molecule has 212 valence electrons. The van der Waals surface area contributed by atoms with E-state index >= 15 is 0 Å². The van der Waals surface area contributed by atoms with Crippen LogP contribution in [0.1, 0.15) is 66.7 Å². The summed E-state index contributed by atoms with van der Waals surface area (Å²) in [5.74, 6) is -2.79. The molecule has 16 atom stereocenters. The van der Waals surface area contributed by atoms with Crippen LogP contribution in [0.5, 0.6) is 0 Å². The molecule has 7 rings (SSSR count). The van der Waals surface area contributed by atoms with Crippen molar-refractivity contribution in [2.24, 2.45) is 46.3 Å². The van der Waals surface area contributed by atoms with Crippen LogP contribution in [-0.4, -0.2) is 81.7 Å². The van der Waals surface area contributed by atoms with Crippen LogP contribution in [0.4, 0.5) is 0 Å². The largest absolute Gasteiger partial charge is 0.429 e. The molecular weight excluding hydrogens is 492 g/mol. The number of hydrogen-bond donors (Lipinski definition) is 3. The van der Waals surface area contributed by atoms with E-state index in [2.05, 4.69) is 6.92 Å². The lowest BCUT2D eigenvalue weighted by Crippen LogP contribution is -2.71. The molecule has 0 aromatic heterocycles.